The van der Waals surface area contributed by atoms with E-state index < -0.39 is 0 Å². The summed E-state index contributed by atoms with van der Waals surface area (Å²) in [6.07, 6.45) is 6.44. The van der Waals surface area contributed by atoms with Crippen LogP contribution in [0.4, 0.5) is 0 Å². The number of aldehydes is 2. The van der Waals surface area contributed by atoms with Gasteiger partial charge in [0, 0.05) is 25.4 Å². The Balaban J connectivity index is 4.05. The van der Waals surface area contributed by atoms with E-state index in [0.29, 0.717) is 18.9 Å². The number of hydrogen-bond acceptors (Lipinski definition) is 4. The fraction of sp³-hybridized carbons (Fsp3) is 0.692. The van der Waals surface area contributed by atoms with Crippen LogP contribution in [0.2, 0.25) is 0 Å². The highest BCUT2D eigenvalue weighted by Gasteiger charge is 2.19. The molecule has 0 aromatic rings. The summed E-state index contributed by atoms with van der Waals surface area (Å²) < 4.78 is 0. The van der Waals surface area contributed by atoms with E-state index in [1.165, 1.54) is 0 Å². The van der Waals surface area contributed by atoms with E-state index in [0.717, 1.165) is 19.0 Å². The summed E-state index contributed by atoms with van der Waals surface area (Å²) in [6.45, 7) is 7.28. The molecule has 0 amide bonds. The third-order valence-corrected chi connectivity index (χ3v) is 2.26. The summed E-state index contributed by atoms with van der Waals surface area (Å²) in [5.41, 5.74) is 0.0754. The highest BCUT2D eigenvalue weighted by atomic mass is 16.1. The van der Waals surface area contributed by atoms with Gasteiger partial charge in [0.1, 0.15) is 12.6 Å². The van der Waals surface area contributed by atoms with Crippen molar-refractivity contribution in [1.29, 1.82) is 0 Å². The van der Waals surface area contributed by atoms with Crippen molar-refractivity contribution in [2.24, 2.45) is 21.3 Å². The van der Waals surface area contributed by atoms with Crippen LogP contribution >= 0.6 is 0 Å². The predicted octanol–water partition coefficient (Wildman–Crippen LogP) is 1.97. The molecule has 0 fully saturated rings. The van der Waals surface area contributed by atoms with Crippen LogP contribution < -0.4 is 0 Å². The molecule has 0 aliphatic heterocycles. The van der Waals surface area contributed by atoms with E-state index in [9.17, 15) is 9.59 Å². The van der Waals surface area contributed by atoms with Crippen molar-refractivity contribution in [1.82, 2.24) is 0 Å². The molecule has 4 nitrogen and oxygen atoms in total. The molecule has 1 atom stereocenters. The van der Waals surface area contributed by atoms with E-state index in [-0.39, 0.29) is 12.0 Å². The lowest BCUT2D eigenvalue weighted by atomic mass is 9.84. The molecule has 96 valence electrons. The van der Waals surface area contributed by atoms with Gasteiger partial charge in [-0.1, -0.05) is 20.8 Å². The Labute approximate surface area is 103 Å². The predicted molar refractivity (Wildman–Crippen MR) is 71.0 cm³/mol. The molecule has 0 rings (SSSR count). The Morgan fingerprint density at radius 3 is 2.47 bits per heavy atom. The minimum atomic E-state index is 0.0754. The van der Waals surface area contributed by atoms with Gasteiger partial charge < -0.3 is 9.59 Å². The van der Waals surface area contributed by atoms with Gasteiger partial charge in [-0.15, -0.1) is 0 Å². The van der Waals surface area contributed by atoms with Crippen LogP contribution in [0, 0.1) is 11.3 Å². The lowest BCUT2D eigenvalue weighted by Gasteiger charge is -2.24. The maximum Gasteiger partial charge on any atom is 0.141 e. The summed E-state index contributed by atoms with van der Waals surface area (Å²) in [6, 6.07) is 0. The first-order chi connectivity index (χ1) is 8.02. The molecule has 4 heteroatoms. The van der Waals surface area contributed by atoms with Crippen LogP contribution in [0.15, 0.2) is 9.98 Å². The SMILES string of the molecule is CC(C=NCC=O)CC(C)(C)CN=CCC=O. The molecule has 0 radical (unpaired) electrons. The molecule has 0 aliphatic carbocycles. The minimum Gasteiger partial charge on any atom is -0.303 e. The molecule has 1 unspecified atom stereocenters. The van der Waals surface area contributed by atoms with Crippen LogP contribution in [-0.2, 0) is 9.59 Å². The zero-order valence-electron chi connectivity index (χ0n) is 10.9. The van der Waals surface area contributed by atoms with Crippen molar-refractivity contribution >= 4 is 25.0 Å². The smallest absolute Gasteiger partial charge is 0.141 e. The minimum absolute atomic E-state index is 0.0754. The van der Waals surface area contributed by atoms with Crippen molar-refractivity contribution in [2.45, 2.75) is 33.6 Å². The lowest BCUT2D eigenvalue weighted by Crippen LogP contribution is -2.20. The third-order valence-electron chi connectivity index (χ3n) is 2.26. The molecule has 0 aromatic heterocycles. The Bertz CT molecular complexity index is 283. The van der Waals surface area contributed by atoms with Crippen molar-refractivity contribution in [2.75, 3.05) is 13.1 Å². The Kier molecular flexibility index (Phi) is 8.11. The van der Waals surface area contributed by atoms with E-state index in [4.69, 9.17) is 0 Å². The van der Waals surface area contributed by atoms with Crippen LogP contribution in [0.1, 0.15) is 33.6 Å². The fourth-order valence-electron chi connectivity index (χ4n) is 1.70. The van der Waals surface area contributed by atoms with Gasteiger partial charge in [-0.05, 0) is 17.8 Å². The van der Waals surface area contributed by atoms with Crippen molar-refractivity contribution in [3.05, 3.63) is 0 Å². The fourth-order valence-corrected chi connectivity index (χ4v) is 1.70. The lowest BCUT2D eigenvalue weighted by molar-refractivity contribution is -0.107. The summed E-state index contributed by atoms with van der Waals surface area (Å²) in [7, 11) is 0. The maximum absolute atomic E-state index is 10.1. The number of nitrogens with zero attached hydrogens (tertiary/aromatic N) is 2. The number of carbonyl (C=O) groups is 2. The number of hydrogen-bond donors (Lipinski definition) is 0. The van der Waals surface area contributed by atoms with E-state index in [1.54, 1.807) is 6.21 Å². The average molecular weight is 238 g/mol. The molecule has 0 spiro atoms. The number of rotatable bonds is 9. The second-order valence-electron chi connectivity index (χ2n) is 4.95. The Morgan fingerprint density at radius 1 is 1.18 bits per heavy atom. The summed E-state index contributed by atoms with van der Waals surface area (Å²) in [5, 5.41) is 0. The topological polar surface area (TPSA) is 58.9 Å². The molecule has 0 aliphatic rings. The third kappa shape index (κ3) is 9.60. The number of carbonyl (C=O) groups excluding carboxylic acids is 2. The molecule has 0 saturated carbocycles. The van der Waals surface area contributed by atoms with Crippen molar-refractivity contribution in [3.63, 3.8) is 0 Å². The van der Waals surface area contributed by atoms with E-state index >= 15 is 0 Å². The highest BCUT2D eigenvalue weighted by molar-refractivity contribution is 5.76. The molecule has 0 heterocycles. The first-order valence-electron chi connectivity index (χ1n) is 5.87. The first-order valence-corrected chi connectivity index (χ1v) is 5.87. The van der Waals surface area contributed by atoms with Gasteiger partial charge >= 0.3 is 0 Å². The van der Waals surface area contributed by atoms with Crippen LogP contribution in [0.25, 0.3) is 0 Å². The Morgan fingerprint density at radius 2 is 1.88 bits per heavy atom. The monoisotopic (exact) mass is 238 g/mol. The van der Waals surface area contributed by atoms with Gasteiger partial charge in [-0.2, -0.15) is 0 Å². The molecular formula is C13H22N2O2. The van der Waals surface area contributed by atoms with Gasteiger partial charge in [0.2, 0.25) is 0 Å². The van der Waals surface area contributed by atoms with Gasteiger partial charge in [0.05, 0.1) is 6.54 Å². The summed E-state index contributed by atoms with van der Waals surface area (Å²) in [5.74, 6) is 0.325. The van der Waals surface area contributed by atoms with Gasteiger partial charge in [0.15, 0.2) is 0 Å². The molecule has 0 aromatic carbocycles. The van der Waals surface area contributed by atoms with Crippen molar-refractivity contribution in [3.8, 4) is 0 Å². The summed E-state index contributed by atoms with van der Waals surface area (Å²) >= 11 is 0. The Hall–Kier alpha value is -1.32. The zero-order valence-corrected chi connectivity index (χ0v) is 10.9. The average Bonchev–Trinajstić information content (AvgIpc) is 2.24. The second-order valence-corrected chi connectivity index (χ2v) is 4.95. The van der Waals surface area contributed by atoms with Crippen LogP contribution in [-0.4, -0.2) is 38.1 Å². The van der Waals surface area contributed by atoms with E-state index in [1.807, 2.05) is 6.21 Å². The second kappa shape index (κ2) is 8.79. The normalized spacial score (nSPS) is 14.3. The van der Waals surface area contributed by atoms with Crippen molar-refractivity contribution < 1.29 is 9.59 Å². The molecule has 0 saturated heterocycles. The van der Waals surface area contributed by atoms with Gasteiger partial charge in [-0.3, -0.25) is 9.98 Å². The number of aliphatic imine (C=N–C) groups is 2. The van der Waals surface area contributed by atoms with Crippen LogP contribution in [0.5, 0.6) is 0 Å². The largest absolute Gasteiger partial charge is 0.303 e. The van der Waals surface area contributed by atoms with Gasteiger partial charge in [0.25, 0.3) is 0 Å². The van der Waals surface area contributed by atoms with Gasteiger partial charge in [-0.25, -0.2) is 0 Å². The molecule has 17 heavy (non-hydrogen) atoms. The van der Waals surface area contributed by atoms with Crippen LogP contribution in [0.3, 0.4) is 0 Å². The quantitative estimate of drug-likeness (QED) is 0.455. The molecule has 0 N–H and O–H groups in total. The molecular weight excluding hydrogens is 216 g/mol. The zero-order chi connectivity index (χ0) is 13.1. The standard InChI is InChI=1S/C13H22N2O2/c1-12(10-14-6-8-17)9-13(2,3)11-15-5-4-7-16/h5,7-8,10,12H,4,6,9,11H2,1-3H3. The highest BCUT2D eigenvalue weighted by Crippen LogP contribution is 2.24. The summed E-state index contributed by atoms with van der Waals surface area (Å²) in [4.78, 5) is 28.5. The maximum atomic E-state index is 10.1. The van der Waals surface area contributed by atoms with E-state index in [2.05, 4.69) is 30.8 Å². The molecule has 0 bridgehead atoms. The first kappa shape index (κ1) is 15.7.